The first-order valence-corrected chi connectivity index (χ1v) is 6.46. The van der Waals surface area contributed by atoms with Gasteiger partial charge in [0.25, 0.3) is 0 Å². The molecule has 0 aliphatic carbocycles. The fourth-order valence-corrected chi connectivity index (χ4v) is 1.94. The summed E-state index contributed by atoms with van der Waals surface area (Å²) >= 11 is 3.41. The Morgan fingerprint density at radius 3 is 2.61 bits per heavy atom. The largest absolute Gasteiger partial charge is 0.238 e. The number of nitrogens with zero attached hydrogens (tertiary/aromatic N) is 3. The minimum absolute atomic E-state index is 0.448. The predicted molar refractivity (Wildman–Crippen MR) is 73.8 cm³/mol. The van der Waals surface area contributed by atoms with E-state index in [1.54, 1.807) is 0 Å². The van der Waals surface area contributed by atoms with Crippen molar-refractivity contribution in [2.45, 2.75) is 19.8 Å². The Labute approximate surface area is 115 Å². The molecule has 0 N–H and O–H groups in total. The van der Waals surface area contributed by atoms with E-state index in [9.17, 15) is 0 Å². The molecule has 0 fully saturated rings. The summed E-state index contributed by atoms with van der Waals surface area (Å²) in [6, 6.07) is 12.1. The molecule has 4 heteroatoms. The first-order valence-electron chi connectivity index (χ1n) is 5.66. The van der Waals surface area contributed by atoms with Crippen LogP contribution in [0.3, 0.4) is 0 Å². The quantitative estimate of drug-likeness (QED) is 0.869. The molecule has 1 heterocycles. The Balaban J connectivity index is 2.36. The molecule has 18 heavy (non-hydrogen) atoms. The minimum Gasteiger partial charge on any atom is -0.238 e. The van der Waals surface area contributed by atoms with Crippen molar-refractivity contribution in [1.82, 2.24) is 9.97 Å². The number of nitriles is 1. The highest BCUT2D eigenvalue weighted by atomic mass is 79.9. The van der Waals surface area contributed by atoms with Gasteiger partial charge in [-0.25, -0.2) is 9.97 Å². The summed E-state index contributed by atoms with van der Waals surface area (Å²) in [6.45, 7) is 1.94. The third kappa shape index (κ3) is 3.14. The summed E-state index contributed by atoms with van der Waals surface area (Å²) in [5, 5.41) is 8.60. The van der Waals surface area contributed by atoms with E-state index in [1.165, 1.54) is 0 Å². The monoisotopic (exact) mass is 301 g/mol. The molecule has 0 bridgehead atoms. The number of hydrogen-bond acceptors (Lipinski definition) is 3. The van der Waals surface area contributed by atoms with E-state index in [1.807, 2.05) is 37.3 Å². The molecule has 0 amide bonds. The molecule has 0 saturated carbocycles. The second kappa shape index (κ2) is 5.74. The number of hydrogen-bond donors (Lipinski definition) is 0. The van der Waals surface area contributed by atoms with Crippen LogP contribution in [-0.4, -0.2) is 9.97 Å². The third-order valence-electron chi connectivity index (χ3n) is 2.50. The van der Waals surface area contributed by atoms with Crippen molar-refractivity contribution < 1.29 is 0 Å². The Morgan fingerprint density at radius 2 is 1.94 bits per heavy atom. The molecule has 1 aromatic heterocycles. The van der Waals surface area contributed by atoms with Crippen LogP contribution in [0.1, 0.15) is 17.9 Å². The van der Waals surface area contributed by atoms with E-state index in [2.05, 4.69) is 32.0 Å². The highest BCUT2D eigenvalue weighted by Crippen LogP contribution is 2.20. The van der Waals surface area contributed by atoms with Gasteiger partial charge in [0.15, 0.2) is 0 Å². The van der Waals surface area contributed by atoms with Crippen LogP contribution in [0.25, 0.3) is 11.3 Å². The number of benzene rings is 1. The SMILES string of the molecule is Cc1cc(-c2ccc(Br)cc2)nc(CCC#N)n1. The van der Waals surface area contributed by atoms with Gasteiger partial charge in [-0.1, -0.05) is 28.1 Å². The van der Waals surface area contributed by atoms with E-state index in [0.29, 0.717) is 12.8 Å². The average Bonchev–Trinajstić information content (AvgIpc) is 2.36. The third-order valence-corrected chi connectivity index (χ3v) is 3.03. The molecule has 0 aliphatic rings. The minimum atomic E-state index is 0.448. The van der Waals surface area contributed by atoms with E-state index in [4.69, 9.17) is 5.26 Å². The lowest BCUT2D eigenvalue weighted by molar-refractivity contribution is 0.873. The van der Waals surface area contributed by atoms with Gasteiger partial charge in [0.05, 0.1) is 11.8 Å². The molecule has 0 spiro atoms. The maximum Gasteiger partial charge on any atom is 0.130 e. The Morgan fingerprint density at radius 1 is 1.22 bits per heavy atom. The summed E-state index contributed by atoms with van der Waals surface area (Å²) in [6.07, 6.45) is 1.05. The first-order chi connectivity index (χ1) is 8.69. The van der Waals surface area contributed by atoms with E-state index in [0.717, 1.165) is 27.2 Å². The van der Waals surface area contributed by atoms with Gasteiger partial charge in [0.2, 0.25) is 0 Å². The fraction of sp³-hybridized carbons (Fsp3) is 0.214. The molecule has 0 saturated heterocycles. The van der Waals surface area contributed by atoms with Crippen LogP contribution >= 0.6 is 15.9 Å². The van der Waals surface area contributed by atoms with Crippen molar-refractivity contribution in [3.8, 4) is 17.3 Å². The highest BCUT2D eigenvalue weighted by Gasteiger charge is 2.04. The van der Waals surface area contributed by atoms with Crippen molar-refractivity contribution in [2.75, 3.05) is 0 Å². The number of aromatic nitrogens is 2. The Bertz CT molecular complexity index is 585. The summed E-state index contributed by atoms with van der Waals surface area (Å²) in [4.78, 5) is 8.84. The van der Waals surface area contributed by atoms with Crippen LogP contribution in [0.15, 0.2) is 34.8 Å². The molecule has 3 nitrogen and oxygen atoms in total. The normalized spacial score (nSPS) is 10.1. The van der Waals surface area contributed by atoms with Crippen LogP contribution < -0.4 is 0 Å². The van der Waals surface area contributed by atoms with Gasteiger partial charge >= 0.3 is 0 Å². The average molecular weight is 302 g/mol. The van der Waals surface area contributed by atoms with E-state index in [-0.39, 0.29) is 0 Å². The molecule has 0 atom stereocenters. The first kappa shape index (κ1) is 12.7. The molecule has 0 radical (unpaired) electrons. The van der Waals surface area contributed by atoms with Crippen molar-refractivity contribution >= 4 is 15.9 Å². The van der Waals surface area contributed by atoms with Crippen LogP contribution in [-0.2, 0) is 6.42 Å². The summed E-state index contributed by atoms with van der Waals surface area (Å²) < 4.78 is 1.04. The van der Waals surface area contributed by atoms with Gasteiger partial charge in [0, 0.05) is 28.6 Å². The number of aryl methyl sites for hydroxylation is 2. The van der Waals surface area contributed by atoms with Gasteiger partial charge in [-0.3, -0.25) is 0 Å². The number of rotatable bonds is 3. The number of halogens is 1. The Kier molecular flexibility index (Phi) is 4.06. The van der Waals surface area contributed by atoms with Crippen LogP contribution in [0.5, 0.6) is 0 Å². The fourth-order valence-electron chi connectivity index (χ4n) is 1.68. The van der Waals surface area contributed by atoms with Crippen LogP contribution in [0, 0.1) is 18.3 Å². The lowest BCUT2D eigenvalue weighted by Crippen LogP contribution is -1.98. The van der Waals surface area contributed by atoms with Gasteiger partial charge in [-0.2, -0.15) is 5.26 Å². The smallest absolute Gasteiger partial charge is 0.130 e. The predicted octanol–water partition coefficient (Wildman–Crippen LogP) is 3.67. The standard InChI is InChI=1S/C14H12BrN3/c1-10-9-13(11-4-6-12(15)7-5-11)18-14(17-10)3-2-8-16/h4-7,9H,2-3H2,1H3. The molecule has 0 aliphatic heterocycles. The molecular weight excluding hydrogens is 290 g/mol. The summed E-state index contributed by atoms with van der Waals surface area (Å²) in [5.74, 6) is 0.731. The second-order valence-corrected chi connectivity index (χ2v) is 4.89. The van der Waals surface area contributed by atoms with Crippen LogP contribution in [0.2, 0.25) is 0 Å². The molecule has 0 unspecified atom stereocenters. The maximum atomic E-state index is 8.60. The molecule has 90 valence electrons. The summed E-state index contributed by atoms with van der Waals surface area (Å²) in [5.41, 5.74) is 2.89. The van der Waals surface area contributed by atoms with Crippen LogP contribution in [0.4, 0.5) is 0 Å². The molecule has 1 aromatic carbocycles. The lowest BCUT2D eigenvalue weighted by Gasteiger charge is -2.05. The van der Waals surface area contributed by atoms with Crippen molar-refractivity contribution in [1.29, 1.82) is 5.26 Å². The zero-order valence-corrected chi connectivity index (χ0v) is 11.6. The molecule has 2 rings (SSSR count). The Hall–Kier alpha value is -1.73. The van der Waals surface area contributed by atoms with Crippen molar-refractivity contribution in [2.24, 2.45) is 0 Å². The molecule has 2 aromatic rings. The van der Waals surface area contributed by atoms with Gasteiger partial charge in [-0.15, -0.1) is 0 Å². The van der Waals surface area contributed by atoms with Crippen molar-refractivity contribution in [3.05, 3.63) is 46.3 Å². The second-order valence-electron chi connectivity index (χ2n) is 3.98. The maximum absolute atomic E-state index is 8.60. The zero-order chi connectivity index (χ0) is 13.0. The van der Waals surface area contributed by atoms with Gasteiger partial charge in [0.1, 0.15) is 5.82 Å². The zero-order valence-electron chi connectivity index (χ0n) is 10.0. The van der Waals surface area contributed by atoms with Gasteiger partial charge < -0.3 is 0 Å². The topological polar surface area (TPSA) is 49.6 Å². The van der Waals surface area contributed by atoms with E-state index >= 15 is 0 Å². The molecular formula is C14H12BrN3. The van der Waals surface area contributed by atoms with Crippen molar-refractivity contribution in [3.63, 3.8) is 0 Å². The summed E-state index contributed by atoms with van der Waals surface area (Å²) in [7, 11) is 0. The highest BCUT2D eigenvalue weighted by molar-refractivity contribution is 9.10. The van der Waals surface area contributed by atoms with E-state index < -0.39 is 0 Å². The lowest BCUT2D eigenvalue weighted by atomic mass is 10.1. The van der Waals surface area contributed by atoms with Gasteiger partial charge in [-0.05, 0) is 25.1 Å².